The van der Waals surface area contributed by atoms with Gasteiger partial charge in [-0.15, -0.1) is 0 Å². The number of aliphatic hydroxyl groups is 1. The minimum atomic E-state index is -4.66. The lowest BCUT2D eigenvalue weighted by atomic mass is 10.2. The molecule has 0 fully saturated rings. The standard InChI is InChI=1S/C12H16F4O4.C8H12F4O3.C4H5ClO.HI/c1-7(2)9(17)19-5-11(13,14)12(15,16)6-20-10(18)8(3)4;1-5(2)6(14)15-4-8(11,12)7(9,10)3-13;1-3(2)4(5)6;/h8H,1,5-6H2,2-4H3;5,13H,3-4H2,1-2H3;1H2,2H3;1H/p-1. The molecule has 0 aromatic carbocycles. The summed E-state index contributed by atoms with van der Waals surface area (Å²) in [6.45, 7) is 7.28. The summed E-state index contributed by atoms with van der Waals surface area (Å²) in [5.41, 5.74) is 0.187. The molecule has 0 spiro atoms. The normalized spacial score (nSPS) is 11.6. The highest BCUT2D eigenvalue weighted by Gasteiger charge is 2.58. The van der Waals surface area contributed by atoms with Crippen LogP contribution in [0.25, 0.3) is 0 Å². The monoisotopic (exact) mass is 763 g/mol. The zero-order valence-corrected chi connectivity index (χ0v) is 26.4. The number of carbonyl (C=O) groups excluding carboxylic acids is 4. The predicted octanol–water partition coefficient (Wildman–Crippen LogP) is 2.36. The molecule has 0 aromatic heterocycles. The number of hydrogen-bond acceptors (Lipinski definition) is 8. The largest absolute Gasteiger partial charge is 1.00 e. The Labute approximate surface area is 259 Å². The highest BCUT2D eigenvalue weighted by atomic mass is 127. The van der Waals surface area contributed by atoms with Gasteiger partial charge in [-0.2, -0.15) is 35.1 Å². The van der Waals surface area contributed by atoms with Crippen molar-refractivity contribution >= 4 is 34.8 Å². The summed E-state index contributed by atoms with van der Waals surface area (Å²) in [6, 6.07) is 0. The van der Waals surface area contributed by atoms with Crippen LogP contribution in [-0.4, -0.2) is 78.4 Å². The van der Waals surface area contributed by atoms with E-state index in [4.69, 9.17) is 16.7 Å². The van der Waals surface area contributed by atoms with Gasteiger partial charge in [0, 0.05) is 11.1 Å². The first-order valence-corrected chi connectivity index (χ1v) is 11.7. The van der Waals surface area contributed by atoms with Gasteiger partial charge in [0.15, 0.2) is 19.8 Å². The van der Waals surface area contributed by atoms with Crippen LogP contribution < -0.4 is 24.0 Å². The molecule has 0 heterocycles. The Hall–Kier alpha value is -2.02. The molecule has 0 bridgehead atoms. The van der Waals surface area contributed by atoms with Crippen LogP contribution in [0.4, 0.5) is 35.1 Å². The summed E-state index contributed by atoms with van der Waals surface area (Å²) in [5.74, 6) is -23.1. The molecule has 0 radical (unpaired) electrons. The molecule has 1 N–H and O–H groups in total. The Morgan fingerprint density at radius 1 is 0.667 bits per heavy atom. The molecular weight excluding hydrogens is 731 g/mol. The summed E-state index contributed by atoms with van der Waals surface area (Å²) in [7, 11) is 0. The molecule has 248 valence electrons. The van der Waals surface area contributed by atoms with Gasteiger partial charge in [0.2, 0.25) is 5.24 Å². The minimum Gasteiger partial charge on any atom is -1.00 e. The number of alkyl halides is 8. The molecule has 0 unspecified atom stereocenters. The Bertz CT molecular complexity index is 916. The minimum absolute atomic E-state index is 0. The van der Waals surface area contributed by atoms with Crippen LogP contribution in [0.3, 0.4) is 0 Å². The third kappa shape index (κ3) is 18.5. The molecule has 0 aliphatic heterocycles. The number of halogens is 10. The molecule has 0 aliphatic carbocycles. The van der Waals surface area contributed by atoms with Gasteiger partial charge in [0.05, 0.1) is 11.8 Å². The molecule has 0 amide bonds. The molecular formula is C24H33ClF8IO8-. The molecule has 0 aromatic rings. The lowest BCUT2D eigenvalue weighted by molar-refractivity contribution is -0.247. The first-order valence-electron chi connectivity index (χ1n) is 11.3. The maximum absolute atomic E-state index is 13.2. The molecule has 0 saturated heterocycles. The van der Waals surface area contributed by atoms with Crippen LogP contribution in [0.1, 0.15) is 41.5 Å². The Morgan fingerprint density at radius 2 is 0.929 bits per heavy atom. The highest BCUT2D eigenvalue weighted by Crippen LogP contribution is 2.35. The number of esters is 3. The molecule has 0 saturated carbocycles. The quantitative estimate of drug-likeness (QED) is 0.0760. The van der Waals surface area contributed by atoms with Gasteiger partial charge in [-0.3, -0.25) is 14.4 Å². The average Bonchev–Trinajstić information content (AvgIpc) is 2.84. The van der Waals surface area contributed by atoms with E-state index in [-0.39, 0.29) is 29.5 Å². The fourth-order valence-electron chi connectivity index (χ4n) is 1.37. The zero-order valence-electron chi connectivity index (χ0n) is 23.5. The lowest BCUT2D eigenvalue weighted by Crippen LogP contribution is -3.00. The third-order valence-corrected chi connectivity index (χ3v) is 4.39. The van der Waals surface area contributed by atoms with E-state index in [0.29, 0.717) is 5.57 Å². The maximum Gasteiger partial charge on any atom is 0.346 e. The summed E-state index contributed by atoms with van der Waals surface area (Å²) < 4.78 is 115. The van der Waals surface area contributed by atoms with Crippen molar-refractivity contribution in [2.45, 2.75) is 65.2 Å². The molecule has 0 aliphatic rings. The SMILES string of the molecule is C=C(C)C(=O)Cl.C=C(C)C(=O)OCC(F)(F)C(F)(F)COC(=O)C(C)C.CC(C)C(=O)OCC(F)(F)C(F)(F)CO.[I-]. The zero-order chi connectivity index (χ0) is 33.6. The summed E-state index contributed by atoms with van der Waals surface area (Å²) in [4.78, 5) is 42.4. The van der Waals surface area contributed by atoms with E-state index >= 15 is 0 Å². The fraction of sp³-hybridized carbons (Fsp3) is 0.667. The lowest BCUT2D eigenvalue weighted by Gasteiger charge is -2.26. The maximum atomic E-state index is 13.2. The van der Waals surface area contributed by atoms with Crippen LogP contribution >= 0.6 is 11.6 Å². The van der Waals surface area contributed by atoms with E-state index in [1.807, 2.05) is 0 Å². The van der Waals surface area contributed by atoms with Gasteiger partial charge < -0.3 is 43.3 Å². The smallest absolute Gasteiger partial charge is 0.346 e. The topological polar surface area (TPSA) is 116 Å². The van der Waals surface area contributed by atoms with Crippen LogP contribution in [0.5, 0.6) is 0 Å². The second kappa shape index (κ2) is 20.0. The Morgan fingerprint density at radius 3 is 1.14 bits per heavy atom. The van der Waals surface area contributed by atoms with Crippen molar-refractivity contribution in [2.75, 3.05) is 26.4 Å². The average molecular weight is 764 g/mol. The Kier molecular flexibility index (Phi) is 22.4. The Balaban J connectivity index is -0.000000289. The first kappa shape index (κ1) is 46.9. The van der Waals surface area contributed by atoms with Crippen molar-refractivity contribution in [3.8, 4) is 0 Å². The predicted molar refractivity (Wildman–Crippen MR) is 130 cm³/mol. The number of hydrogen-bond donors (Lipinski definition) is 1. The van der Waals surface area contributed by atoms with E-state index in [1.54, 1.807) is 6.92 Å². The van der Waals surface area contributed by atoms with Crippen LogP contribution in [0.2, 0.25) is 0 Å². The van der Waals surface area contributed by atoms with E-state index in [1.165, 1.54) is 34.6 Å². The van der Waals surface area contributed by atoms with E-state index in [9.17, 15) is 54.3 Å². The van der Waals surface area contributed by atoms with Crippen molar-refractivity contribution in [1.82, 2.24) is 0 Å². The third-order valence-electron chi connectivity index (χ3n) is 4.07. The van der Waals surface area contributed by atoms with Crippen LogP contribution in [-0.2, 0) is 33.4 Å². The van der Waals surface area contributed by atoms with E-state index in [2.05, 4.69) is 27.4 Å². The fourth-order valence-corrected chi connectivity index (χ4v) is 1.37. The molecule has 0 rings (SSSR count). The van der Waals surface area contributed by atoms with Crippen molar-refractivity contribution < 1.29 is 97.6 Å². The van der Waals surface area contributed by atoms with Crippen molar-refractivity contribution in [2.24, 2.45) is 11.8 Å². The first-order chi connectivity index (χ1) is 18.2. The number of carbonyl (C=O) groups is 4. The van der Waals surface area contributed by atoms with Crippen molar-refractivity contribution in [1.29, 1.82) is 0 Å². The summed E-state index contributed by atoms with van der Waals surface area (Å²) in [5, 5.41) is 7.57. The van der Waals surface area contributed by atoms with Crippen LogP contribution in [0, 0.1) is 11.8 Å². The van der Waals surface area contributed by atoms with Crippen LogP contribution in [0.15, 0.2) is 24.3 Å². The number of allylic oxidation sites excluding steroid dienone is 1. The molecule has 18 heteroatoms. The second-order valence-corrected chi connectivity index (χ2v) is 9.25. The van der Waals surface area contributed by atoms with E-state index < -0.39 is 85.1 Å². The molecule has 42 heavy (non-hydrogen) atoms. The van der Waals surface area contributed by atoms with Gasteiger partial charge in [0.25, 0.3) is 0 Å². The number of rotatable bonds is 13. The molecule has 8 nitrogen and oxygen atoms in total. The number of aliphatic hydroxyl groups excluding tert-OH is 1. The summed E-state index contributed by atoms with van der Waals surface area (Å²) >= 11 is 4.87. The summed E-state index contributed by atoms with van der Waals surface area (Å²) in [6.07, 6.45) is 0. The molecule has 0 atom stereocenters. The number of ether oxygens (including phenoxy) is 3. The van der Waals surface area contributed by atoms with Gasteiger partial charge in [0.1, 0.15) is 6.61 Å². The van der Waals surface area contributed by atoms with Gasteiger partial charge in [-0.05, 0) is 25.4 Å². The van der Waals surface area contributed by atoms with Gasteiger partial charge in [-0.1, -0.05) is 40.9 Å². The second-order valence-electron chi connectivity index (χ2n) is 8.91. The van der Waals surface area contributed by atoms with Crippen molar-refractivity contribution in [3.63, 3.8) is 0 Å². The van der Waals surface area contributed by atoms with Gasteiger partial charge in [-0.25, -0.2) is 4.79 Å². The van der Waals surface area contributed by atoms with E-state index in [0.717, 1.165) is 0 Å². The highest BCUT2D eigenvalue weighted by molar-refractivity contribution is 6.67. The van der Waals surface area contributed by atoms with Gasteiger partial charge >= 0.3 is 41.6 Å². The van der Waals surface area contributed by atoms with Crippen molar-refractivity contribution in [3.05, 3.63) is 24.3 Å².